The predicted molar refractivity (Wildman–Crippen MR) is 256 cm³/mol. The van der Waals surface area contributed by atoms with Crippen LogP contribution in [-0.2, 0) is 0 Å². The van der Waals surface area contributed by atoms with Gasteiger partial charge in [0.05, 0.1) is 30.3 Å². The van der Waals surface area contributed by atoms with E-state index < -0.39 is 36.3 Å². The Balaban J connectivity index is 1.05. The third kappa shape index (κ3) is 5.69. The number of hydrogen-bond donors (Lipinski definition) is 0. The number of fused-ring (bicyclic) bond motifs is 9. The Morgan fingerprint density at radius 2 is 0.937 bits per heavy atom. The van der Waals surface area contributed by atoms with Crippen molar-refractivity contribution in [2.45, 2.75) is 0 Å². The van der Waals surface area contributed by atoms with E-state index in [2.05, 4.69) is 0 Å². The first-order valence-electron chi connectivity index (χ1n) is 25.3. The van der Waals surface area contributed by atoms with Crippen molar-refractivity contribution < 1.29 is 22.5 Å². The van der Waals surface area contributed by atoms with Crippen molar-refractivity contribution in [1.29, 1.82) is 0 Å². The van der Waals surface area contributed by atoms with Crippen molar-refractivity contribution in [2.75, 3.05) is 0 Å². The van der Waals surface area contributed by atoms with E-state index in [9.17, 15) is 0 Å². The zero-order valence-corrected chi connectivity index (χ0v) is 33.0. The lowest BCUT2D eigenvalue weighted by Gasteiger charge is -2.12. The Labute approximate surface area is 375 Å². The molecule has 13 rings (SSSR count). The molecule has 0 N–H and O–H groups in total. The molecule has 0 unspecified atom stereocenters. The lowest BCUT2D eigenvalue weighted by molar-refractivity contribution is 0.668. The number of aromatic nitrogens is 4. The summed E-state index contributed by atoms with van der Waals surface area (Å²) in [6.07, 6.45) is 0. The highest BCUT2D eigenvalue weighted by atomic mass is 16.3. The SMILES string of the molecule is [2H]c1c([2H])c([2H])c(-c2ccc3c(c2)c2cc(-c4c([2H])c([2H])c([2H])c([2H])c4[2H])ccc2n3-c2cccc(-c3nc(-c4cccc5c4oc4ccccc45)nc(-c4cccc5oc6ccccc6c45)n3)c2)c([2H])c1[2H]. The van der Waals surface area contributed by atoms with E-state index in [4.69, 9.17) is 37.5 Å². The van der Waals surface area contributed by atoms with E-state index in [0.717, 1.165) is 38.3 Å². The Bertz CT molecular complexity index is 4360. The maximum atomic E-state index is 8.82. The largest absolute Gasteiger partial charge is 0.456 e. The summed E-state index contributed by atoms with van der Waals surface area (Å²) in [4.78, 5) is 15.6. The van der Waals surface area contributed by atoms with Crippen LogP contribution in [0.2, 0.25) is 0 Å². The summed E-state index contributed by atoms with van der Waals surface area (Å²) >= 11 is 0. The molecule has 0 saturated heterocycles. The van der Waals surface area contributed by atoms with Crippen LogP contribution in [0.25, 0.3) is 128 Å². The van der Waals surface area contributed by atoms with Crippen LogP contribution in [-0.4, -0.2) is 19.5 Å². The van der Waals surface area contributed by atoms with Crippen LogP contribution < -0.4 is 0 Å². The minimum atomic E-state index is -0.504. The van der Waals surface area contributed by atoms with Gasteiger partial charge in [-0.3, -0.25) is 0 Å². The van der Waals surface area contributed by atoms with E-state index in [0.29, 0.717) is 78.4 Å². The van der Waals surface area contributed by atoms with Crippen molar-refractivity contribution >= 4 is 65.7 Å². The Morgan fingerprint density at radius 3 is 1.65 bits per heavy atom. The topological polar surface area (TPSA) is 69.9 Å². The molecule has 0 saturated carbocycles. The maximum absolute atomic E-state index is 8.82. The van der Waals surface area contributed by atoms with Gasteiger partial charge in [-0.1, -0.05) is 145 Å². The zero-order chi connectivity index (χ0) is 50.1. The minimum Gasteiger partial charge on any atom is -0.456 e. The van der Waals surface area contributed by atoms with Crippen LogP contribution in [0.4, 0.5) is 0 Å². The zero-order valence-electron chi connectivity index (χ0n) is 43.0. The molecule has 0 bridgehead atoms. The molecule has 6 heteroatoms. The Kier molecular flexibility index (Phi) is 5.89. The fraction of sp³-hybridized carbons (Fsp3) is 0. The molecule has 6 nitrogen and oxygen atoms in total. The molecular formula is C57H34N4O2. The highest BCUT2D eigenvalue weighted by molar-refractivity contribution is 6.13. The van der Waals surface area contributed by atoms with Gasteiger partial charge in [-0.05, 0) is 82.9 Å². The number of para-hydroxylation sites is 3. The van der Waals surface area contributed by atoms with Crippen molar-refractivity contribution in [2.24, 2.45) is 0 Å². The van der Waals surface area contributed by atoms with Crippen LogP contribution in [0.5, 0.6) is 0 Å². The van der Waals surface area contributed by atoms with Crippen LogP contribution in [0.3, 0.4) is 0 Å². The average Bonchev–Trinajstić information content (AvgIpc) is 4.10. The molecule has 0 atom stereocenters. The second-order valence-corrected chi connectivity index (χ2v) is 15.2. The van der Waals surface area contributed by atoms with Gasteiger partial charge in [0.2, 0.25) is 0 Å². The van der Waals surface area contributed by atoms with Crippen LogP contribution in [0, 0.1) is 0 Å². The number of nitrogens with zero attached hydrogens (tertiary/aromatic N) is 4. The fourth-order valence-electron chi connectivity index (χ4n) is 8.82. The van der Waals surface area contributed by atoms with E-state index >= 15 is 0 Å². The van der Waals surface area contributed by atoms with Crippen LogP contribution >= 0.6 is 0 Å². The summed E-state index contributed by atoms with van der Waals surface area (Å²) in [6, 6.07) is 41.5. The molecule has 294 valence electrons. The van der Waals surface area contributed by atoms with E-state index in [-0.39, 0.29) is 35.3 Å². The standard InChI is InChI=1S/C57H34N4O2/c1-3-14-35(15-4-1)37-28-30-48-46(33-37)47-34-38(36-16-5-2-6-17-36)29-31-49(47)61(48)40-19-11-18-39(32-40)55-58-56(44-23-13-27-52-53(44)43-21-8-10-26-51(43)62-52)60-57(59-55)45-24-12-22-42-41-20-7-9-25-50(41)63-54(42)45/h1-34H/i1D,2D,3D,4D,5D,6D,14D,15D,16D,17D. The molecule has 4 heterocycles. The highest BCUT2D eigenvalue weighted by Gasteiger charge is 2.21. The van der Waals surface area contributed by atoms with Gasteiger partial charge in [0.15, 0.2) is 17.5 Å². The summed E-state index contributed by atoms with van der Waals surface area (Å²) in [5.41, 5.74) is 7.66. The second-order valence-electron chi connectivity index (χ2n) is 15.2. The molecular weight excluding hydrogens is 773 g/mol. The molecule has 9 aromatic carbocycles. The number of hydrogen-bond acceptors (Lipinski definition) is 5. The predicted octanol–water partition coefficient (Wildman–Crippen LogP) is 15.1. The van der Waals surface area contributed by atoms with Crippen LogP contribution in [0.15, 0.2) is 215 Å². The molecule has 13 aromatic rings. The molecule has 0 aliphatic rings. The number of benzene rings is 9. The smallest absolute Gasteiger partial charge is 0.167 e. The summed E-state index contributed by atoms with van der Waals surface area (Å²) in [6.45, 7) is 0. The monoisotopic (exact) mass is 816 g/mol. The van der Waals surface area contributed by atoms with Gasteiger partial charge in [0.25, 0.3) is 0 Å². The molecule has 63 heavy (non-hydrogen) atoms. The molecule has 0 aliphatic carbocycles. The number of rotatable bonds is 6. The minimum absolute atomic E-state index is 0.0245. The third-order valence-electron chi connectivity index (χ3n) is 11.6. The van der Waals surface area contributed by atoms with Gasteiger partial charge in [-0.15, -0.1) is 0 Å². The Morgan fingerprint density at radius 1 is 0.381 bits per heavy atom. The quantitative estimate of drug-likeness (QED) is 0.167. The summed E-state index contributed by atoms with van der Waals surface area (Å²) in [5, 5.41) is 4.87. The van der Waals surface area contributed by atoms with Crippen LogP contribution in [0.1, 0.15) is 13.7 Å². The maximum Gasteiger partial charge on any atom is 0.167 e. The van der Waals surface area contributed by atoms with Gasteiger partial charge >= 0.3 is 0 Å². The fourth-order valence-corrected chi connectivity index (χ4v) is 8.82. The van der Waals surface area contributed by atoms with Crippen molar-refractivity contribution in [1.82, 2.24) is 19.5 Å². The normalized spacial score (nSPS) is 14.0. The first-order chi connectivity index (χ1) is 35.4. The van der Waals surface area contributed by atoms with Crippen molar-refractivity contribution in [3.8, 4) is 62.1 Å². The van der Waals surface area contributed by atoms with E-state index in [1.807, 2.05) is 126 Å². The molecule has 0 radical (unpaired) electrons. The third-order valence-corrected chi connectivity index (χ3v) is 11.6. The van der Waals surface area contributed by atoms with E-state index in [1.54, 1.807) is 24.3 Å². The highest BCUT2D eigenvalue weighted by Crippen LogP contribution is 2.41. The van der Waals surface area contributed by atoms with E-state index in [1.165, 1.54) is 0 Å². The summed E-state index contributed by atoms with van der Waals surface area (Å²) in [5.74, 6) is 1.16. The molecule has 0 amide bonds. The first-order valence-corrected chi connectivity index (χ1v) is 20.3. The van der Waals surface area contributed by atoms with Gasteiger partial charge in [-0.25, -0.2) is 15.0 Å². The summed E-state index contributed by atoms with van der Waals surface area (Å²) in [7, 11) is 0. The van der Waals surface area contributed by atoms with Gasteiger partial charge < -0.3 is 13.4 Å². The average molecular weight is 817 g/mol. The lowest BCUT2D eigenvalue weighted by Crippen LogP contribution is -2.01. The molecule has 0 spiro atoms. The number of furan rings is 2. The van der Waals surface area contributed by atoms with Crippen molar-refractivity contribution in [3.63, 3.8) is 0 Å². The van der Waals surface area contributed by atoms with Gasteiger partial charge in [0, 0.05) is 49.1 Å². The first kappa shape index (κ1) is 26.6. The molecule has 0 fully saturated rings. The molecule has 0 aliphatic heterocycles. The van der Waals surface area contributed by atoms with Gasteiger partial charge in [0.1, 0.15) is 22.3 Å². The van der Waals surface area contributed by atoms with Crippen molar-refractivity contribution in [3.05, 3.63) is 206 Å². The molecule has 4 aromatic heterocycles. The second kappa shape index (κ2) is 14.0. The Hall–Kier alpha value is -8.61. The van der Waals surface area contributed by atoms with Gasteiger partial charge in [-0.2, -0.15) is 0 Å². The lowest BCUT2D eigenvalue weighted by atomic mass is 10.0. The summed E-state index contributed by atoms with van der Waals surface area (Å²) < 4.78 is 100.